The van der Waals surface area contributed by atoms with E-state index in [9.17, 15) is 24.0 Å². The van der Waals surface area contributed by atoms with Gasteiger partial charge in [0, 0.05) is 53.8 Å². The van der Waals surface area contributed by atoms with E-state index in [1.54, 1.807) is 13.1 Å². The van der Waals surface area contributed by atoms with Gasteiger partial charge in [-0.15, -0.1) is 6.42 Å². The molecule has 2 atom stereocenters. The van der Waals surface area contributed by atoms with Crippen LogP contribution >= 0.6 is 21.6 Å². The van der Waals surface area contributed by atoms with E-state index < -0.39 is 50.9 Å². The van der Waals surface area contributed by atoms with Gasteiger partial charge in [-0.05, 0) is 68.6 Å². The standard InChI is InChI=1S/C30H50N10O8S2Si/c1-4-17-46-28(43)18-34-30(45)25(38-27(42)13-7-10-16-36-40-32)20-48-51(2,3)47-19-24(37-26(41)12-6-9-15-35-39-31)29(44)33-14-8-5-11-23-21-49-50-22-23/h1,23-25H,5-22H2,2-3H3,(H,33,44)(H,34,45)(H,37,41)(H,38,42). The van der Waals surface area contributed by atoms with E-state index in [-0.39, 0.29) is 51.7 Å². The molecule has 51 heavy (non-hydrogen) atoms. The third-order valence-corrected chi connectivity index (χ3v) is 11.6. The van der Waals surface area contributed by atoms with E-state index in [1.165, 1.54) is 0 Å². The van der Waals surface area contributed by atoms with Gasteiger partial charge in [-0.25, -0.2) is 0 Å². The Kier molecular flexibility index (Phi) is 24.9. The maximum Gasteiger partial charge on any atom is 0.331 e. The molecule has 0 saturated carbocycles. The van der Waals surface area contributed by atoms with Crippen LogP contribution in [-0.4, -0.2) is 108 Å². The van der Waals surface area contributed by atoms with Crippen LogP contribution in [0.1, 0.15) is 57.8 Å². The van der Waals surface area contributed by atoms with Crippen LogP contribution in [0.25, 0.3) is 20.9 Å². The Hall–Kier alpha value is -3.63. The van der Waals surface area contributed by atoms with Crippen molar-refractivity contribution >= 4 is 59.7 Å². The number of terminal acetylenes is 1. The number of nitrogens with zero attached hydrogens (tertiary/aromatic N) is 6. The first-order valence-corrected chi connectivity index (χ1v) is 22.1. The average Bonchev–Trinajstić information content (AvgIpc) is 3.63. The molecule has 1 aliphatic heterocycles. The molecular weight excluding hydrogens is 721 g/mol. The van der Waals surface area contributed by atoms with E-state index in [0.29, 0.717) is 38.1 Å². The fourth-order valence-electron chi connectivity index (χ4n) is 4.39. The van der Waals surface area contributed by atoms with Crippen molar-refractivity contribution in [2.45, 2.75) is 83.0 Å². The summed E-state index contributed by atoms with van der Waals surface area (Å²) in [4.78, 5) is 68.7. The highest BCUT2D eigenvalue weighted by atomic mass is 33.1. The molecule has 18 nitrogen and oxygen atoms in total. The molecule has 284 valence electrons. The van der Waals surface area contributed by atoms with Gasteiger partial charge in [0.2, 0.25) is 23.6 Å². The molecule has 0 radical (unpaired) electrons. The second-order valence-electron chi connectivity index (χ2n) is 11.9. The first-order chi connectivity index (χ1) is 24.5. The van der Waals surface area contributed by atoms with Crippen LogP contribution in [0.2, 0.25) is 13.1 Å². The molecule has 0 aromatic heterocycles. The molecule has 0 bridgehead atoms. The first kappa shape index (κ1) is 45.4. The smallest absolute Gasteiger partial charge is 0.331 e. The lowest BCUT2D eigenvalue weighted by Gasteiger charge is -2.28. The quantitative estimate of drug-likeness (QED) is 0.0132. The molecule has 1 aliphatic rings. The zero-order chi connectivity index (χ0) is 37.7. The van der Waals surface area contributed by atoms with Crippen LogP contribution in [0.15, 0.2) is 10.2 Å². The molecule has 4 amide bonds. The van der Waals surface area contributed by atoms with Crippen molar-refractivity contribution in [2.75, 3.05) is 57.5 Å². The number of hydrogen-bond donors (Lipinski definition) is 4. The van der Waals surface area contributed by atoms with E-state index >= 15 is 0 Å². The van der Waals surface area contributed by atoms with Gasteiger partial charge in [0.1, 0.15) is 18.6 Å². The Bertz CT molecular complexity index is 1260. The monoisotopic (exact) mass is 770 g/mol. The van der Waals surface area contributed by atoms with Crippen LogP contribution in [0.3, 0.4) is 0 Å². The predicted molar refractivity (Wildman–Crippen MR) is 197 cm³/mol. The Labute approximate surface area is 307 Å². The summed E-state index contributed by atoms with van der Waals surface area (Å²) >= 11 is 0. The lowest BCUT2D eigenvalue weighted by Crippen LogP contribution is -2.54. The van der Waals surface area contributed by atoms with Crippen molar-refractivity contribution in [3.05, 3.63) is 20.9 Å². The van der Waals surface area contributed by atoms with Crippen LogP contribution < -0.4 is 21.3 Å². The van der Waals surface area contributed by atoms with Gasteiger partial charge in [0.15, 0.2) is 6.61 Å². The molecule has 0 aromatic carbocycles. The van der Waals surface area contributed by atoms with Gasteiger partial charge in [0.25, 0.3) is 0 Å². The fourth-order valence-corrected chi connectivity index (χ4v) is 8.63. The van der Waals surface area contributed by atoms with Crippen molar-refractivity contribution in [1.29, 1.82) is 0 Å². The number of ether oxygens (including phenoxy) is 1. The molecule has 1 fully saturated rings. The largest absolute Gasteiger partial charge is 0.451 e. The fraction of sp³-hybridized carbons (Fsp3) is 0.767. The summed E-state index contributed by atoms with van der Waals surface area (Å²) in [5.74, 6) is 2.41. The third kappa shape index (κ3) is 23.5. The molecule has 21 heteroatoms. The number of nitrogens with one attached hydrogen (secondary N) is 4. The second kappa shape index (κ2) is 28.0. The highest BCUT2D eigenvalue weighted by molar-refractivity contribution is 8.77. The van der Waals surface area contributed by atoms with Gasteiger partial charge in [-0.2, -0.15) is 0 Å². The number of hydrogen-bond acceptors (Lipinski definition) is 12. The zero-order valence-corrected chi connectivity index (χ0v) is 31.9. The van der Waals surface area contributed by atoms with Gasteiger partial charge in [-0.3, -0.25) is 24.0 Å². The molecule has 0 aromatic rings. The van der Waals surface area contributed by atoms with E-state index in [2.05, 4.69) is 47.2 Å². The molecular formula is C30H50N10O8S2Si. The summed E-state index contributed by atoms with van der Waals surface area (Å²) in [7, 11) is 0.678. The maximum absolute atomic E-state index is 13.2. The van der Waals surface area contributed by atoms with Crippen LogP contribution in [-0.2, 0) is 37.6 Å². The summed E-state index contributed by atoms with van der Waals surface area (Å²) in [5, 5.41) is 17.5. The topological polar surface area (TPSA) is 259 Å². The van der Waals surface area contributed by atoms with Crippen molar-refractivity contribution in [1.82, 2.24) is 21.3 Å². The number of carbonyl (C=O) groups is 5. The van der Waals surface area contributed by atoms with E-state index in [4.69, 9.17) is 31.1 Å². The SMILES string of the molecule is C#CCOC(=O)CNC(=O)C(CO[Si](C)(C)OCC(NC(=O)CCCCN=[N+]=[N-])C(=O)NCCCCC1CSSC1)NC(=O)CCCCN=[N+]=[N-]. The Morgan fingerprint density at radius 1 is 0.843 bits per heavy atom. The average molecular weight is 771 g/mol. The van der Waals surface area contributed by atoms with Gasteiger partial charge in [-0.1, -0.05) is 44.2 Å². The Balaban J connectivity index is 2.83. The summed E-state index contributed by atoms with van der Waals surface area (Å²) in [6.45, 7) is 3.02. The number of rotatable bonds is 28. The van der Waals surface area contributed by atoms with Crippen LogP contribution in [0.5, 0.6) is 0 Å². The highest BCUT2D eigenvalue weighted by Crippen LogP contribution is 2.36. The molecule has 1 rings (SSSR count). The zero-order valence-electron chi connectivity index (χ0n) is 29.3. The first-order valence-electron chi connectivity index (χ1n) is 16.8. The lowest BCUT2D eigenvalue weighted by molar-refractivity contribution is -0.143. The number of unbranched alkanes of at least 4 members (excludes halogenated alkanes) is 3. The number of amides is 4. The normalized spacial score (nSPS) is 13.7. The minimum absolute atomic E-state index is 0.0486. The maximum atomic E-state index is 13.2. The minimum Gasteiger partial charge on any atom is -0.451 e. The molecule has 0 aliphatic carbocycles. The summed E-state index contributed by atoms with van der Waals surface area (Å²) < 4.78 is 16.8. The second-order valence-corrected chi connectivity index (χ2v) is 17.8. The van der Waals surface area contributed by atoms with Crippen molar-refractivity contribution < 1.29 is 37.6 Å². The molecule has 1 saturated heterocycles. The summed E-state index contributed by atoms with van der Waals surface area (Å²) in [5.41, 5.74) is 16.8. The van der Waals surface area contributed by atoms with Gasteiger partial charge >= 0.3 is 14.5 Å². The number of azide groups is 2. The van der Waals surface area contributed by atoms with E-state index in [0.717, 1.165) is 30.8 Å². The van der Waals surface area contributed by atoms with Crippen LogP contribution in [0.4, 0.5) is 0 Å². The van der Waals surface area contributed by atoms with Crippen molar-refractivity contribution in [2.24, 2.45) is 16.1 Å². The Morgan fingerprint density at radius 2 is 1.37 bits per heavy atom. The molecule has 2 unspecified atom stereocenters. The third-order valence-electron chi connectivity index (χ3n) is 7.20. The van der Waals surface area contributed by atoms with Gasteiger partial charge in [0.05, 0.1) is 13.2 Å². The predicted octanol–water partition coefficient (Wildman–Crippen LogP) is 3.24. The van der Waals surface area contributed by atoms with Gasteiger partial charge < -0.3 is 34.9 Å². The lowest BCUT2D eigenvalue weighted by atomic mass is 10.1. The highest BCUT2D eigenvalue weighted by Gasteiger charge is 2.32. The molecule has 4 N–H and O–H groups in total. The number of esters is 1. The minimum atomic E-state index is -3.10. The summed E-state index contributed by atoms with van der Waals surface area (Å²) in [6, 6.07) is -2.23. The van der Waals surface area contributed by atoms with E-state index in [1.807, 2.05) is 21.6 Å². The van der Waals surface area contributed by atoms with Crippen LogP contribution in [0, 0.1) is 18.3 Å². The molecule has 1 heterocycles. The number of carbonyl (C=O) groups excluding carboxylic acids is 5. The van der Waals surface area contributed by atoms with Crippen molar-refractivity contribution in [3.8, 4) is 12.3 Å². The Morgan fingerprint density at radius 3 is 1.88 bits per heavy atom. The molecule has 0 spiro atoms. The van der Waals surface area contributed by atoms with Crippen molar-refractivity contribution in [3.63, 3.8) is 0 Å². The summed E-state index contributed by atoms with van der Waals surface area (Å²) in [6.07, 6.45) is 9.99.